The molecule has 0 N–H and O–H groups in total. The van der Waals surface area contributed by atoms with Crippen molar-refractivity contribution in [2.75, 3.05) is 4.90 Å². The van der Waals surface area contributed by atoms with Crippen molar-refractivity contribution in [1.82, 2.24) is 29.1 Å². The van der Waals surface area contributed by atoms with E-state index in [0.29, 0.717) is 5.82 Å². The molecule has 0 radical (unpaired) electrons. The van der Waals surface area contributed by atoms with Crippen LogP contribution in [0.5, 0.6) is 11.5 Å². The molecule has 0 amide bonds. The Hall–Kier alpha value is -8.88. The predicted molar refractivity (Wildman–Crippen MR) is 257 cm³/mol. The van der Waals surface area contributed by atoms with Gasteiger partial charge < -0.3 is 13.9 Å². The van der Waals surface area contributed by atoms with E-state index in [1.807, 2.05) is 73.1 Å². The maximum atomic E-state index is 6.68. The fourth-order valence-corrected chi connectivity index (χ4v) is 9.42. The van der Waals surface area contributed by atoms with Gasteiger partial charge in [-0.15, -0.1) is 0 Å². The van der Waals surface area contributed by atoms with Crippen molar-refractivity contribution in [2.24, 2.45) is 0 Å². The highest BCUT2D eigenvalue weighted by Gasteiger charge is 2.33. The Kier molecular flexibility index (Phi) is 8.04. The van der Waals surface area contributed by atoms with E-state index in [1.165, 1.54) is 0 Å². The molecule has 12 aromatic rings. The molecular formula is C56H35N7O. The molecule has 5 aromatic heterocycles. The normalized spacial score (nSPS) is 12.2. The quantitative estimate of drug-likeness (QED) is 0.166. The number of ether oxygens (including phenoxy) is 1. The molecule has 8 heteroatoms. The summed E-state index contributed by atoms with van der Waals surface area (Å²) in [6.45, 7) is 0. The van der Waals surface area contributed by atoms with Gasteiger partial charge in [-0.05, 0) is 78.9 Å². The number of para-hydroxylation sites is 6. The SMILES string of the molecule is c1ccc(-c2cc(-c3cc(-n4c5ccccc5c5ncccc54)c(N4c5ccccc5Oc5ccccc54)c(-n4c5ccccc5c5ncccc54)c3)nc(-c3ccccc3)n2)cc1. The average molecular weight is 822 g/mol. The summed E-state index contributed by atoms with van der Waals surface area (Å²) in [7, 11) is 0. The largest absolute Gasteiger partial charge is 0.453 e. The first kappa shape index (κ1) is 35.8. The molecule has 6 heterocycles. The monoisotopic (exact) mass is 821 g/mol. The van der Waals surface area contributed by atoms with Crippen molar-refractivity contribution in [3.8, 4) is 56.8 Å². The molecule has 13 rings (SSSR count). The Morgan fingerprint density at radius 2 is 0.812 bits per heavy atom. The van der Waals surface area contributed by atoms with Crippen LogP contribution in [-0.2, 0) is 0 Å². The van der Waals surface area contributed by atoms with Crippen LogP contribution < -0.4 is 9.64 Å². The van der Waals surface area contributed by atoms with Gasteiger partial charge in [0.1, 0.15) is 0 Å². The van der Waals surface area contributed by atoms with Crippen LogP contribution in [0.1, 0.15) is 0 Å². The molecule has 300 valence electrons. The van der Waals surface area contributed by atoms with Gasteiger partial charge >= 0.3 is 0 Å². The molecule has 0 saturated heterocycles. The topological polar surface area (TPSA) is 73.9 Å². The Bertz CT molecular complexity index is 3440. The molecule has 1 aliphatic rings. The smallest absolute Gasteiger partial charge is 0.160 e. The number of pyridine rings is 2. The first-order chi connectivity index (χ1) is 31.8. The van der Waals surface area contributed by atoms with Gasteiger partial charge in [0, 0.05) is 39.9 Å². The molecule has 0 bridgehead atoms. The summed E-state index contributed by atoms with van der Waals surface area (Å²) in [4.78, 5) is 23.0. The standard InChI is InChI=1S/C56H35N7O/c1-3-17-36(18-4-1)41-35-42(60-56(59-41)37-19-5-2-6-20-37)38-33-49(61-43-23-9-7-21-39(43)53-47(61)27-15-31-57-53)55(63-45-25-11-13-29-51(45)64-52-30-14-12-26-46(52)63)50(34-38)62-44-24-10-8-22-40(44)54-48(62)28-16-32-58-54/h1-35H. The van der Waals surface area contributed by atoms with Crippen LogP contribution in [0.15, 0.2) is 213 Å². The predicted octanol–water partition coefficient (Wildman–Crippen LogP) is 14.0. The maximum absolute atomic E-state index is 6.68. The first-order valence-electron chi connectivity index (χ1n) is 21.3. The Morgan fingerprint density at radius 3 is 1.38 bits per heavy atom. The van der Waals surface area contributed by atoms with E-state index < -0.39 is 0 Å². The molecule has 0 fully saturated rings. The zero-order chi connectivity index (χ0) is 42.1. The van der Waals surface area contributed by atoms with Gasteiger partial charge in [-0.1, -0.05) is 121 Å². The van der Waals surface area contributed by atoms with Crippen LogP contribution in [0, 0.1) is 0 Å². The number of rotatable bonds is 6. The van der Waals surface area contributed by atoms with E-state index >= 15 is 0 Å². The fraction of sp³-hybridized carbons (Fsp3) is 0. The van der Waals surface area contributed by atoms with Crippen LogP contribution in [-0.4, -0.2) is 29.1 Å². The van der Waals surface area contributed by atoms with E-state index in [4.69, 9.17) is 24.7 Å². The zero-order valence-electron chi connectivity index (χ0n) is 34.2. The second-order valence-electron chi connectivity index (χ2n) is 15.9. The molecule has 0 spiro atoms. The highest BCUT2D eigenvalue weighted by Crippen LogP contribution is 2.55. The second kappa shape index (κ2) is 14.4. The van der Waals surface area contributed by atoms with Crippen molar-refractivity contribution in [3.63, 3.8) is 0 Å². The van der Waals surface area contributed by atoms with E-state index in [0.717, 1.165) is 112 Å². The minimum absolute atomic E-state index is 0.641. The second-order valence-corrected chi connectivity index (χ2v) is 15.9. The fourth-order valence-electron chi connectivity index (χ4n) is 9.42. The third-order valence-electron chi connectivity index (χ3n) is 12.2. The zero-order valence-corrected chi connectivity index (χ0v) is 34.2. The molecule has 0 atom stereocenters. The summed E-state index contributed by atoms with van der Waals surface area (Å²) in [6.07, 6.45) is 3.75. The summed E-state index contributed by atoms with van der Waals surface area (Å²) >= 11 is 0. The van der Waals surface area contributed by atoms with Crippen LogP contribution >= 0.6 is 0 Å². The van der Waals surface area contributed by atoms with E-state index in [-0.39, 0.29) is 0 Å². The third kappa shape index (κ3) is 5.56. The van der Waals surface area contributed by atoms with Gasteiger partial charge in [-0.3, -0.25) is 14.9 Å². The van der Waals surface area contributed by atoms with E-state index in [2.05, 4.69) is 154 Å². The van der Waals surface area contributed by atoms with Crippen molar-refractivity contribution >= 4 is 60.9 Å². The van der Waals surface area contributed by atoms with Gasteiger partial charge in [0.2, 0.25) is 0 Å². The molecule has 0 aliphatic carbocycles. The van der Waals surface area contributed by atoms with Crippen LogP contribution in [0.4, 0.5) is 17.1 Å². The third-order valence-corrected chi connectivity index (χ3v) is 12.2. The first-order valence-corrected chi connectivity index (χ1v) is 21.3. The molecule has 1 aliphatic heterocycles. The van der Waals surface area contributed by atoms with Crippen molar-refractivity contribution < 1.29 is 4.74 Å². The Balaban J connectivity index is 1.24. The molecule has 0 saturated carbocycles. The minimum atomic E-state index is 0.641. The lowest BCUT2D eigenvalue weighted by atomic mass is 10.0. The van der Waals surface area contributed by atoms with Crippen molar-refractivity contribution in [3.05, 3.63) is 213 Å². The average Bonchev–Trinajstić information content (AvgIpc) is 3.89. The Labute approximate surface area is 367 Å². The van der Waals surface area contributed by atoms with Gasteiger partial charge in [0.05, 0.1) is 72.9 Å². The van der Waals surface area contributed by atoms with Crippen molar-refractivity contribution in [1.29, 1.82) is 0 Å². The lowest BCUT2D eigenvalue weighted by Crippen LogP contribution is -2.20. The molecule has 0 unspecified atom stereocenters. The molecular weight excluding hydrogens is 787 g/mol. The number of nitrogens with zero attached hydrogens (tertiary/aromatic N) is 7. The Morgan fingerprint density at radius 1 is 0.359 bits per heavy atom. The number of fused-ring (bicyclic) bond motifs is 8. The van der Waals surface area contributed by atoms with Gasteiger partial charge in [-0.25, -0.2) is 9.97 Å². The lowest BCUT2D eigenvalue weighted by Gasteiger charge is -2.36. The highest BCUT2D eigenvalue weighted by atomic mass is 16.5. The molecule has 7 aromatic carbocycles. The van der Waals surface area contributed by atoms with Crippen molar-refractivity contribution in [2.45, 2.75) is 0 Å². The molecule has 8 nitrogen and oxygen atoms in total. The van der Waals surface area contributed by atoms with Gasteiger partial charge in [-0.2, -0.15) is 0 Å². The summed E-state index contributed by atoms with van der Waals surface area (Å²) in [5.41, 5.74) is 14.9. The number of hydrogen-bond donors (Lipinski definition) is 0. The number of hydrogen-bond acceptors (Lipinski definition) is 6. The van der Waals surface area contributed by atoms with Crippen LogP contribution in [0.3, 0.4) is 0 Å². The minimum Gasteiger partial charge on any atom is -0.453 e. The van der Waals surface area contributed by atoms with Crippen LogP contribution in [0.2, 0.25) is 0 Å². The van der Waals surface area contributed by atoms with E-state index in [1.54, 1.807) is 0 Å². The summed E-state index contributed by atoms with van der Waals surface area (Å²) < 4.78 is 11.4. The van der Waals surface area contributed by atoms with Crippen LogP contribution in [0.25, 0.3) is 89.2 Å². The highest BCUT2D eigenvalue weighted by molar-refractivity contribution is 6.11. The number of aromatic nitrogens is 6. The van der Waals surface area contributed by atoms with E-state index in [9.17, 15) is 0 Å². The number of anilines is 3. The number of benzene rings is 7. The summed E-state index contributed by atoms with van der Waals surface area (Å²) in [5.74, 6) is 2.15. The van der Waals surface area contributed by atoms with Gasteiger partial charge in [0.15, 0.2) is 17.3 Å². The molecule has 64 heavy (non-hydrogen) atoms. The summed E-state index contributed by atoms with van der Waals surface area (Å²) in [6, 6.07) is 69.2. The van der Waals surface area contributed by atoms with Gasteiger partial charge in [0.25, 0.3) is 0 Å². The maximum Gasteiger partial charge on any atom is 0.160 e. The summed E-state index contributed by atoms with van der Waals surface area (Å²) in [5, 5.41) is 2.11. The lowest BCUT2D eigenvalue weighted by molar-refractivity contribution is 0.477.